The summed E-state index contributed by atoms with van der Waals surface area (Å²) in [5.41, 5.74) is 0.956. The molecule has 0 spiro atoms. The lowest BCUT2D eigenvalue weighted by atomic mass is 10.1. The van der Waals surface area contributed by atoms with Gasteiger partial charge in [-0.05, 0) is 68.3 Å². The molecule has 1 N–H and O–H groups in total. The van der Waals surface area contributed by atoms with E-state index in [1.54, 1.807) is 25.1 Å². The second-order valence-electron chi connectivity index (χ2n) is 9.29. The van der Waals surface area contributed by atoms with Gasteiger partial charge >= 0.3 is 0 Å². The molecular weight excluding hydrogens is 618 g/mol. The molecular formula is C29H33BrClN3O5S. The normalized spacial score (nSPS) is 12.8. The van der Waals surface area contributed by atoms with E-state index in [4.69, 9.17) is 16.3 Å². The van der Waals surface area contributed by atoms with Crippen molar-refractivity contribution in [1.82, 2.24) is 10.2 Å². The van der Waals surface area contributed by atoms with Crippen LogP contribution in [0.1, 0.15) is 32.8 Å². The number of nitrogens with zero attached hydrogens (tertiary/aromatic N) is 2. The number of carbonyl (C=O) groups excluding carboxylic acids is 2. The van der Waals surface area contributed by atoms with Gasteiger partial charge in [-0.15, -0.1) is 0 Å². The molecule has 2 atom stereocenters. The molecule has 0 aliphatic heterocycles. The maximum Gasteiger partial charge on any atom is 0.264 e. The molecule has 0 heterocycles. The fourth-order valence-corrected chi connectivity index (χ4v) is 6.06. The van der Waals surface area contributed by atoms with Crippen LogP contribution in [0.3, 0.4) is 0 Å². The summed E-state index contributed by atoms with van der Waals surface area (Å²) in [7, 11) is -2.74. The lowest BCUT2D eigenvalue weighted by Crippen LogP contribution is -2.52. The van der Waals surface area contributed by atoms with Crippen LogP contribution in [0.15, 0.2) is 82.2 Å². The summed E-state index contributed by atoms with van der Waals surface area (Å²) >= 11 is 9.79. The van der Waals surface area contributed by atoms with E-state index in [-0.39, 0.29) is 34.1 Å². The molecule has 3 rings (SSSR count). The van der Waals surface area contributed by atoms with Crippen molar-refractivity contribution in [2.45, 2.75) is 50.7 Å². The molecule has 0 fully saturated rings. The molecule has 0 aliphatic carbocycles. The molecule has 11 heteroatoms. The number of amides is 2. The van der Waals surface area contributed by atoms with Crippen molar-refractivity contribution >= 4 is 55.1 Å². The summed E-state index contributed by atoms with van der Waals surface area (Å²) in [5, 5.41) is 3.11. The minimum atomic E-state index is -4.19. The third-order valence-electron chi connectivity index (χ3n) is 6.44. The van der Waals surface area contributed by atoms with Gasteiger partial charge in [0.05, 0.1) is 22.7 Å². The van der Waals surface area contributed by atoms with Gasteiger partial charge in [-0.2, -0.15) is 0 Å². The Hall–Kier alpha value is -3.08. The summed E-state index contributed by atoms with van der Waals surface area (Å²) in [6, 6.07) is 18.7. The van der Waals surface area contributed by atoms with Crippen LogP contribution in [-0.2, 0) is 26.2 Å². The van der Waals surface area contributed by atoms with Crippen LogP contribution in [0, 0.1) is 0 Å². The molecule has 3 aromatic rings. The third-order valence-corrected chi connectivity index (χ3v) is 9.02. The molecule has 3 aromatic carbocycles. The molecule has 8 nitrogen and oxygen atoms in total. The van der Waals surface area contributed by atoms with Gasteiger partial charge in [0.1, 0.15) is 18.3 Å². The maximum absolute atomic E-state index is 14.0. The van der Waals surface area contributed by atoms with Crippen LogP contribution in [0.5, 0.6) is 5.75 Å². The smallest absolute Gasteiger partial charge is 0.264 e. The van der Waals surface area contributed by atoms with E-state index < -0.39 is 28.5 Å². The lowest BCUT2D eigenvalue weighted by Gasteiger charge is -2.32. The number of sulfonamides is 1. The zero-order valence-electron chi connectivity index (χ0n) is 22.8. The van der Waals surface area contributed by atoms with Gasteiger partial charge < -0.3 is 15.0 Å². The van der Waals surface area contributed by atoms with E-state index in [2.05, 4.69) is 21.2 Å². The summed E-state index contributed by atoms with van der Waals surface area (Å²) < 4.78 is 34.7. The van der Waals surface area contributed by atoms with Crippen LogP contribution in [0.4, 0.5) is 5.69 Å². The zero-order chi connectivity index (χ0) is 29.4. The van der Waals surface area contributed by atoms with Crippen molar-refractivity contribution in [1.29, 1.82) is 0 Å². The van der Waals surface area contributed by atoms with E-state index >= 15 is 0 Å². The minimum absolute atomic E-state index is 0.0100. The average Bonchev–Trinajstić information content (AvgIpc) is 2.94. The Morgan fingerprint density at radius 3 is 2.33 bits per heavy atom. The Kier molecular flexibility index (Phi) is 11.0. The molecule has 0 unspecified atom stereocenters. The zero-order valence-corrected chi connectivity index (χ0v) is 26.0. The van der Waals surface area contributed by atoms with Crippen LogP contribution >= 0.6 is 27.5 Å². The molecule has 0 saturated carbocycles. The number of halogens is 2. The lowest BCUT2D eigenvalue weighted by molar-refractivity contribution is -0.139. The van der Waals surface area contributed by atoms with Crippen molar-refractivity contribution in [3.8, 4) is 5.75 Å². The Labute approximate surface area is 249 Å². The van der Waals surface area contributed by atoms with Gasteiger partial charge in [0.25, 0.3) is 10.0 Å². The van der Waals surface area contributed by atoms with Gasteiger partial charge in [-0.1, -0.05) is 64.8 Å². The van der Waals surface area contributed by atoms with E-state index in [0.717, 1.165) is 20.8 Å². The molecule has 0 saturated heterocycles. The Bertz CT molecular complexity index is 1440. The maximum atomic E-state index is 14.0. The number of benzene rings is 3. The van der Waals surface area contributed by atoms with Crippen molar-refractivity contribution in [3.63, 3.8) is 0 Å². The van der Waals surface area contributed by atoms with E-state index in [0.29, 0.717) is 5.75 Å². The number of anilines is 1. The average molecular weight is 651 g/mol. The van der Waals surface area contributed by atoms with Gasteiger partial charge in [0, 0.05) is 17.1 Å². The highest BCUT2D eigenvalue weighted by Crippen LogP contribution is 2.32. The first-order valence-electron chi connectivity index (χ1n) is 12.7. The standard InChI is InChI=1S/C29H33BrClN3O5S/c1-5-20(2)32-29(36)21(3)33(18-22-10-9-11-23(30)16-22)28(35)19-34(24-14-15-27(39-4)26(31)17-24)40(37,38)25-12-7-6-8-13-25/h6-17,20-21H,5,18-19H2,1-4H3,(H,32,36)/t20-,21+/m1/s1. The predicted octanol–water partition coefficient (Wildman–Crippen LogP) is 5.64. The number of hydrogen-bond donors (Lipinski definition) is 1. The summed E-state index contributed by atoms with van der Waals surface area (Å²) in [4.78, 5) is 28.5. The highest BCUT2D eigenvalue weighted by atomic mass is 79.9. The molecule has 0 bridgehead atoms. The summed E-state index contributed by atoms with van der Waals surface area (Å²) in [5.74, 6) is -0.527. The van der Waals surface area contributed by atoms with Gasteiger partial charge in [0.2, 0.25) is 11.8 Å². The van der Waals surface area contributed by atoms with Gasteiger partial charge in [-0.25, -0.2) is 8.42 Å². The minimum Gasteiger partial charge on any atom is -0.495 e. The largest absolute Gasteiger partial charge is 0.495 e. The SMILES string of the molecule is CC[C@@H](C)NC(=O)[C@H](C)N(Cc1cccc(Br)c1)C(=O)CN(c1ccc(OC)c(Cl)c1)S(=O)(=O)c1ccccc1. The predicted molar refractivity (Wildman–Crippen MR) is 161 cm³/mol. The monoisotopic (exact) mass is 649 g/mol. The molecule has 214 valence electrons. The fraction of sp³-hybridized carbons (Fsp3) is 0.310. The van der Waals surface area contributed by atoms with E-state index in [1.165, 1.54) is 42.3 Å². The van der Waals surface area contributed by atoms with Crippen molar-refractivity contribution < 1.29 is 22.7 Å². The van der Waals surface area contributed by atoms with E-state index in [9.17, 15) is 18.0 Å². The first kappa shape index (κ1) is 31.4. The number of carbonyl (C=O) groups is 2. The molecule has 0 aliphatic rings. The van der Waals surface area contributed by atoms with Crippen molar-refractivity contribution in [2.24, 2.45) is 0 Å². The second-order valence-corrected chi connectivity index (χ2v) is 12.5. The number of hydrogen-bond acceptors (Lipinski definition) is 5. The van der Waals surface area contributed by atoms with Crippen molar-refractivity contribution in [3.05, 3.63) is 87.9 Å². The Morgan fingerprint density at radius 2 is 1.73 bits per heavy atom. The summed E-state index contributed by atoms with van der Waals surface area (Å²) in [6.45, 7) is 5.00. The van der Waals surface area contributed by atoms with Crippen molar-refractivity contribution in [2.75, 3.05) is 18.0 Å². The Morgan fingerprint density at radius 1 is 1.02 bits per heavy atom. The van der Waals surface area contributed by atoms with Gasteiger partial charge in [-0.3, -0.25) is 13.9 Å². The molecule has 2 amide bonds. The van der Waals surface area contributed by atoms with Crippen LogP contribution < -0.4 is 14.4 Å². The third kappa shape index (κ3) is 7.77. The first-order chi connectivity index (χ1) is 19.0. The number of rotatable bonds is 12. The second kappa shape index (κ2) is 14.0. The number of ether oxygens (including phenoxy) is 1. The number of methoxy groups -OCH3 is 1. The highest BCUT2D eigenvalue weighted by Gasteiger charge is 2.33. The number of nitrogens with one attached hydrogen (secondary N) is 1. The molecule has 0 radical (unpaired) electrons. The molecule has 40 heavy (non-hydrogen) atoms. The summed E-state index contributed by atoms with van der Waals surface area (Å²) in [6.07, 6.45) is 0.722. The fourth-order valence-electron chi connectivity index (χ4n) is 3.94. The molecule has 0 aromatic heterocycles. The van der Waals surface area contributed by atoms with Crippen LogP contribution in [-0.4, -0.2) is 50.9 Å². The van der Waals surface area contributed by atoms with E-state index in [1.807, 2.05) is 38.1 Å². The van der Waals surface area contributed by atoms with Crippen LogP contribution in [0.25, 0.3) is 0 Å². The van der Waals surface area contributed by atoms with Crippen LogP contribution in [0.2, 0.25) is 5.02 Å². The topological polar surface area (TPSA) is 96.0 Å². The first-order valence-corrected chi connectivity index (χ1v) is 15.3. The Balaban J connectivity index is 2.05. The van der Waals surface area contributed by atoms with Gasteiger partial charge in [0.15, 0.2) is 0 Å². The highest BCUT2D eigenvalue weighted by molar-refractivity contribution is 9.10. The quantitative estimate of drug-likeness (QED) is 0.274.